The first kappa shape index (κ1) is 18.5. The molecule has 0 heterocycles. The van der Waals surface area contributed by atoms with Crippen LogP contribution in [0.4, 0.5) is 0 Å². The fourth-order valence-electron chi connectivity index (χ4n) is 2.43. The molecule has 0 saturated carbocycles. The van der Waals surface area contributed by atoms with Gasteiger partial charge in [-0.25, -0.2) is 0 Å². The van der Waals surface area contributed by atoms with Crippen LogP contribution in [-0.2, 0) is 16.0 Å². The predicted molar refractivity (Wildman–Crippen MR) is 94.2 cm³/mol. The maximum absolute atomic E-state index is 12.2. The quantitative estimate of drug-likeness (QED) is 0.543. The van der Waals surface area contributed by atoms with Crippen LogP contribution in [-0.4, -0.2) is 32.1 Å². The molecule has 2 rings (SSSR count). The lowest BCUT2D eigenvalue weighted by Crippen LogP contribution is -2.24. The molecule has 0 bridgehead atoms. The van der Waals surface area contributed by atoms with E-state index >= 15 is 0 Å². The van der Waals surface area contributed by atoms with Gasteiger partial charge in [0.15, 0.2) is 17.6 Å². The smallest absolute Gasteiger partial charge is 0.306 e. The van der Waals surface area contributed by atoms with Gasteiger partial charge in [-0.3, -0.25) is 9.59 Å². The van der Waals surface area contributed by atoms with Crippen molar-refractivity contribution in [2.75, 3.05) is 14.2 Å². The molecule has 5 nitrogen and oxygen atoms in total. The maximum atomic E-state index is 12.2. The van der Waals surface area contributed by atoms with Gasteiger partial charge in [-0.05, 0) is 31.0 Å². The van der Waals surface area contributed by atoms with Crippen LogP contribution in [0.15, 0.2) is 48.5 Å². The molecule has 0 aliphatic heterocycles. The molecule has 0 aliphatic carbocycles. The Labute approximate surface area is 147 Å². The Morgan fingerprint density at radius 3 is 2.28 bits per heavy atom. The number of carbonyl (C=O) groups excluding carboxylic acids is 2. The molecule has 132 valence electrons. The first-order valence-electron chi connectivity index (χ1n) is 8.04. The summed E-state index contributed by atoms with van der Waals surface area (Å²) in [5, 5.41) is 0. The Balaban J connectivity index is 1.89. The van der Waals surface area contributed by atoms with Crippen LogP contribution in [0, 0.1) is 0 Å². The highest BCUT2D eigenvalue weighted by Gasteiger charge is 2.19. The highest BCUT2D eigenvalue weighted by Crippen LogP contribution is 2.28. The normalized spacial score (nSPS) is 11.5. The summed E-state index contributed by atoms with van der Waals surface area (Å²) in [6.07, 6.45) is -0.131. The Morgan fingerprint density at radius 2 is 1.64 bits per heavy atom. The number of ether oxygens (including phenoxy) is 3. The third-order valence-corrected chi connectivity index (χ3v) is 3.80. The Morgan fingerprint density at radius 1 is 0.960 bits per heavy atom. The number of hydrogen-bond donors (Lipinski definition) is 0. The molecule has 0 fully saturated rings. The monoisotopic (exact) mass is 342 g/mol. The first-order valence-corrected chi connectivity index (χ1v) is 8.04. The van der Waals surface area contributed by atoms with Crippen molar-refractivity contribution < 1.29 is 23.8 Å². The van der Waals surface area contributed by atoms with E-state index in [1.54, 1.807) is 51.5 Å². The number of carbonyl (C=O) groups is 2. The van der Waals surface area contributed by atoms with E-state index in [-0.39, 0.29) is 12.2 Å². The molecule has 0 amide bonds. The number of methoxy groups -OCH3 is 2. The predicted octanol–water partition coefficient (Wildman–Crippen LogP) is 3.45. The maximum Gasteiger partial charge on any atom is 0.306 e. The lowest BCUT2D eigenvalue weighted by molar-refractivity contribution is -0.146. The second kappa shape index (κ2) is 8.87. The first-order chi connectivity index (χ1) is 12.0. The van der Waals surface area contributed by atoms with Crippen LogP contribution in [0.1, 0.15) is 29.3 Å². The minimum Gasteiger partial charge on any atom is -0.493 e. The van der Waals surface area contributed by atoms with Crippen LogP contribution in [0.3, 0.4) is 0 Å². The van der Waals surface area contributed by atoms with Gasteiger partial charge in [0, 0.05) is 12.0 Å². The Bertz CT molecular complexity index is 724. The molecule has 0 aromatic heterocycles. The summed E-state index contributed by atoms with van der Waals surface area (Å²) in [4.78, 5) is 24.2. The molecule has 0 aliphatic rings. The summed E-state index contributed by atoms with van der Waals surface area (Å²) in [6.45, 7) is 1.59. The fraction of sp³-hybridized carbons (Fsp3) is 0.300. The van der Waals surface area contributed by atoms with Crippen molar-refractivity contribution in [3.8, 4) is 11.5 Å². The highest BCUT2D eigenvalue weighted by molar-refractivity contribution is 6.00. The SMILES string of the molecule is COc1ccc(CCC(=O)OC(C)C(=O)c2ccccc2)cc1OC. The molecule has 0 spiro atoms. The number of hydrogen-bond acceptors (Lipinski definition) is 5. The van der Waals surface area contributed by atoms with Gasteiger partial charge in [0.2, 0.25) is 5.78 Å². The van der Waals surface area contributed by atoms with E-state index < -0.39 is 12.1 Å². The number of aryl methyl sites for hydroxylation is 1. The number of rotatable bonds is 8. The topological polar surface area (TPSA) is 61.8 Å². The van der Waals surface area contributed by atoms with E-state index in [0.29, 0.717) is 23.5 Å². The van der Waals surface area contributed by atoms with E-state index in [1.165, 1.54) is 0 Å². The summed E-state index contributed by atoms with van der Waals surface area (Å²) >= 11 is 0. The average molecular weight is 342 g/mol. The molecule has 5 heteroatoms. The zero-order valence-corrected chi connectivity index (χ0v) is 14.7. The lowest BCUT2D eigenvalue weighted by Gasteiger charge is -2.13. The number of benzene rings is 2. The van der Waals surface area contributed by atoms with Crippen LogP contribution < -0.4 is 9.47 Å². The Kier molecular flexibility index (Phi) is 6.57. The van der Waals surface area contributed by atoms with Gasteiger partial charge < -0.3 is 14.2 Å². The Hall–Kier alpha value is -2.82. The van der Waals surface area contributed by atoms with Crippen molar-refractivity contribution in [1.82, 2.24) is 0 Å². The summed E-state index contributed by atoms with van der Waals surface area (Å²) in [5.74, 6) is 0.628. The summed E-state index contributed by atoms with van der Waals surface area (Å²) < 4.78 is 15.7. The second-order valence-corrected chi connectivity index (χ2v) is 5.55. The molecular formula is C20H22O5. The molecule has 2 aromatic carbocycles. The molecule has 25 heavy (non-hydrogen) atoms. The van der Waals surface area contributed by atoms with Crippen molar-refractivity contribution in [2.45, 2.75) is 25.9 Å². The van der Waals surface area contributed by atoms with E-state index in [4.69, 9.17) is 14.2 Å². The lowest BCUT2D eigenvalue weighted by atomic mass is 10.1. The van der Waals surface area contributed by atoms with Gasteiger partial charge in [-0.15, -0.1) is 0 Å². The van der Waals surface area contributed by atoms with Crippen molar-refractivity contribution in [2.24, 2.45) is 0 Å². The minimum atomic E-state index is -0.805. The standard InChI is InChI=1S/C20H22O5/c1-14(20(22)16-7-5-4-6-8-16)25-19(21)12-10-15-9-11-17(23-2)18(13-15)24-3/h4-9,11,13-14H,10,12H2,1-3H3. The molecule has 0 saturated heterocycles. The zero-order valence-electron chi connectivity index (χ0n) is 14.7. The fourth-order valence-corrected chi connectivity index (χ4v) is 2.43. The third kappa shape index (κ3) is 5.08. The number of Topliss-reactive ketones (excluding diaryl/α,β-unsaturated/α-hetero) is 1. The summed E-state index contributed by atoms with van der Waals surface area (Å²) in [6, 6.07) is 14.3. The van der Waals surface area contributed by atoms with Crippen LogP contribution in [0.2, 0.25) is 0 Å². The van der Waals surface area contributed by atoms with E-state index in [1.807, 2.05) is 18.2 Å². The van der Waals surface area contributed by atoms with Gasteiger partial charge in [0.05, 0.1) is 14.2 Å². The highest BCUT2D eigenvalue weighted by atomic mass is 16.5. The number of esters is 1. The van der Waals surface area contributed by atoms with Gasteiger partial charge in [-0.2, -0.15) is 0 Å². The van der Waals surface area contributed by atoms with Gasteiger partial charge in [-0.1, -0.05) is 36.4 Å². The number of ketones is 1. The van der Waals surface area contributed by atoms with Crippen LogP contribution >= 0.6 is 0 Å². The third-order valence-electron chi connectivity index (χ3n) is 3.80. The van der Waals surface area contributed by atoms with E-state index in [2.05, 4.69) is 0 Å². The molecule has 0 radical (unpaired) electrons. The van der Waals surface area contributed by atoms with Crippen LogP contribution in [0.25, 0.3) is 0 Å². The largest absolute Gasteiger partial charge is 0.493 e. The summed E-state index contributed by atoms with van der Waals surface area (Å²) in [7, 11) is 3.13. The van der Waals surface area contributed by atoms with Crippen molar-refractivity contribution >= 4 is 11.8 Å². The van der Waals surface area contributed by atoms with Gasteiger partial charge >= 0.3 is 5.97 Å². The molecular weight excluding hydrogens is 320 g/mol. The summed E-state index contributed by atoms with van der Waals surface area (Å²) in [5.41, 5.74) is 1.46. The molecule has 1 unspecified atom stereocenters. The average Bonchev–Trinajstić information content (AvgIpc) is 2.66. The van der Waals surface area contributed by atoms with Crippen molar-refractivity contribution in [3.05, 3.63) is 59.7 Å². The van der Waals surface area contributed by atoms with Crippen molar-refractivity contribution in [3.63, 3.8) is 0 Å². The molecule has 1 atom stereocenters. The molecule has 0 N–H and O–H groups in total. The van der Waals surface area contributed by atoms with E-state index in [0.717, 1.165) is 5.56 Å². The van der Waals surface area contributed by atoms with E-state index in [9.17, 15) is 9.59 Å². The second-order valence-electron chi connectivity index (χ2n) is 5.55. The van der Waals surface area contributed by atoms with Gasteiger partial charge in [0.25, 0.3) is 0 Å². The minimum absolute atomic E-state index is 0.182. The van der Waals surface area contributed by atoms with Crippen molar-refractivity contribution in [1.29, 1.82) is 0 Å². The molecule has 2 aromatic rings. The van der Waals surface area contributed by atoms with Gasteiger partial charge in [0.1, 0.15) is 0 Å². The zero-order chi connectivity index (χ0) is 18.2. The van der Waals surface area contributed by atoms with Crippen LogP contribution in [0.5, 0.6) is 11.5 Å².